The van der Waals surface area contributed by atoms with E-state index in [-0.39, 0.29) is 0 Å². The highest BCUT2D eigenvalue weighted by Gasteiger charge is 2.50. The number of carbonyl (C=O) groups is 2. The van der Waals surface area contributed by atoms with Crippen molar-refractivity contribution in [3.63, 3.8) is 0 Å². The minimum atomic E-state index is -5.81. The average Bonchev–Trinajstić information content (AvgIpc) is 3.01. The van der Waals surface area contributed by atoms with Gasteiger partial charge in [0, 0.05) is 6.08 Å². The third-order valence-corrected chi connectivity index (χ3v) is 4.26. The molecule has 2 aliphatic rings. The summed E-state index contributed by atoms with van der Waals surface area (Å²) in [6.07, 6.45) is -1.93. The van der Waals surface area contributed by atoms with Gasteiger partial charge in [0.25, 0.3) is 0 Å². The van der Waals surface area contributed by atoms with Crippen LogP contribution in [0.25, 0.3) is 0 Å². The van der Waals surface area contributed by atoms with Crippen LogP contribution >= 0.6 is 0 Å². The smallest absolute Gasteiger partial charge is 0.458 e. The van der Waals surface area contributed by atoms with E-state index in [0.717, 1.165) is 6.08 Å². The molecule has 9 nitrogen and oxygen atoms in total. The van der Waals surface area contributed by atoms with Crippen LogP contribution in [0.15, 0.2) is 11.8 Å². The summed E-state index contributed by atoms with van der Waals surface area (Å²) in [7, 11) is -5.81. The Bertz CT molecular complexity index is 671. The number of aliphatic hydroxyl groups excluding tert-OH is 2. The van der Waals surface area contributed by atoms with E-state index in [1.54, 1.807) is 13.8 Å². The summed E-state index contributed by atoms with van der Waals surface area (Å²) in [6, 6.07) is 0. The Kier molecular flexibility index (Phi) is 7.02. The van der Waals surface area contributed by atoms with Gasteiger partial charge in [-0.2, -0.15) is 21.6 Å². The molecule has 4 atom stereocenters. The van der Waals surface area contributed by atoms with E-state index in [1.165, 1.54) is 0 Å². The molecule has 0 amide bonds. The van der Waals surface area contributed by atoms with Gasteiger partial charge in [-0.25, -0.2) is 9.59 Å². The Morgan fingerprint density at radius 1 is 1.15 bits per heavy atom. The number of alkyl halides is 3. The van der Waals surface area contributed by atoms with Crippen molar-refractivity contribution >= 4 is 22.1 Å². The molecule has 1 saturated heterocycles. The average molecular weight is 406 g/mol. The first kappa shape index (κ1) is 22.2. The summed E-state index contributed by atoms with van der Waals surface area (Å²) in [5.74, 6) is -2.90. The minimum absolute atomic E-state index is 0.310. The molecule has 0 aliphatic carbocycles. The van der Waals surface area contributed by atoms with Crippen molar-refractivity contribution < 1.29 is 55.0 Å². The molecular formula is C13H17F3O9S. The van der Waals surface area contributed by atoms with Gasteiger partial charge in [-0.3, -0.25) is 0 Å². The molecule has 2 rings (SSSR count). The number of cyclic esters (lactones) is 2. The summed E-state index contributed by atoms with van der Waals surface area (Å²) in [5, 5.41) is 17.9. The van der Waals surface area contributed by atoms with Crippen LogP contribution in [0.5, 0.6) is 0 Å². The molecule has 0 saturated carbocycles. The maximum atomic E-state index is 11.9. The molecule has 2 aliphatic heterocycles. The van der Waals surface area contributed by atoms with E-state index in [0.29, 0.717) is 12.8 Å². The molecule has 0 aromatic rings. The normalized spacial score (nSPS) is 28.7. The number of halogens is 3. The Hall–Kier alpha value is -1.86. The first-order valence-electron chi connectivity index (χ1n) is 7.34. The standard InChI is InChI=1S/C7H7F3O5S.C6H10O4/c1-2-4-3-5(6(11)14-4)15-16(12,13)7(8,9)10;1-2-3-4(7)5(8)6(9)10-3/h3-4H,2H2,1H3;3-5,7-8H,2H2,1H3/t4-;3-,4+,5?/m11/s1. The number of hydrogen-bond donors (Lipinski definition) is 2. The van der Waals surface area contributed by atoms with Gasteiger partial charge in [0.05, 0.1) is 0 Å². The fourth-order valence-electron chi connectivity index (χ4n) is 1.85. The van der Waals surface area contributed by atoms with Crippen molar-refractivity contribution in [3.8, 4) is 0 Å². The Morgan fingerprint density at radius 3 is 2.04 bits per heavy atom. The third-order valence-electron chi connectivity index (χ3n) is 3.30. The molecule has 0 radical (unpaired) electrons. The highest BCUT2D eigenvalue weighted by atomic mass is 32.2. The minimum Gasteiger partial charge on any atom is -0.458 e. The zero-order chi connectivity index (χ0) is 20.3. The van der Waals surface area contributed by atoms with Crippen LogP contribution < -0.4 is 0 Å². The van der Waals surface area contributed by atoms with E-state index < -0.39 is 57.7 Å². The highest BCUT2D eigenvalue weighted by molar-refractivity contribution is 7.87. The first-order valence-corrected chi connectivity index (χ1v) is 8.75. The second kappa shape index (κ2) is 8.22. The zero-order valence-corrected chi connectivity index (χ0v) is 14.4. The van der Waals surface area contributed by atoms with Gasteiger partial charge in [0.1, 0.15) is 18.3 Å². The van der Waals surface area contributed by atoms with Gasteiger partial charge in [-0.15, -0.1) is 0 Å². The van der Waals surface area contributed by atoms with Crippen LogP contribution in [0.1, 0.15) is 26.7 Å². The van der Waals surface area contributed by atoms with Gasteiger partial charge in [0.15, 0.2) is 6.10 Å². The van der Waals surface area contributed by atoms with Crippen molar-refractivity contribution in [2.24, 2.45) is 0 Å². The molecule has 150 valence electrons. The second-order valence-corrected chi connectivity index (χ2v) is 6.72. The quantitative estimate of drug-likeness (QED) is 0.379. The largest absolute Gasteiger partial charge is 0.534 e. The van der Waals surface area contributed by atoms with Crippen molar-refractivity contribution in [3.05, 3.63) is 11.8 Å². The number of esters is 2. The van der Waals surface area contributed by atoms with E-state index in [2.05, 4.69) is 13.7 Å². The molecule has 1 fully saturated rings. The van der Waals surface area contributed by atoms with Gasteiger partial charge in [-0.1, -0.05) is 13.8 Å². The van der Waals surface area contributed by atoms with Crippen molar-refractivity contribution in [1.82, 2.24) is 0 Å². The lowest BCUT2D eigenvalue weighted by Gasteiger charge is -2.09. The lowest BCUT2D eigenvalue weighted by molar-refractivity contribution is -0.147. The molecule has 0 aromatic heterocycles. The molecule has 2 N–H and O–H groups in total. The molecule has 13 heteroatoms. The topological polar surface area (TPSA) is 136 Å². The molecule has 0 spiro atoms. The van der Waals surface area contributed by atoms with E-state index >= 15 is 0 Å². The number of carbonyl (C=O) groups excluding carboxylic acids is 2. The molecule has 0 bridgehead atoms. The van der Waals surface area contributed by atoms with Crippen LogP contribution in [0.3, 0.4) is 0 Å². The maximum absolute atomic E-state index is 11.9. The van der Waals surface area contributed by atoms with E-state index in [9.17, 15) is 31.2 Å². The Balaban J connectivity index is 0.000000289. The second-order valence-electron chi connectivity index (χ2n) is 5.19. The fourth-order valence-corrected chi connectivity index (χ4v) is 2.31. The van der Waals surface area contributed by atoms with Crippen molar-refractivity contribution in [2.45, 2.75) is 56.6 Å². The molecular weight excluding hydrogens is 389 g/mol. The highest BCUT2D eigenvalue weighted by Crippen LogP contribution is 2.29. The Morgan fingerprint density at radius 2 is 1.73 bits per heavy atom. The lowest BCUT2D eigenvalue weighted by Crippen LogP contribution is -2.30. The number of ether oxygens (including phenoxy) is 2. The van der Waals surface area contributed by atoms with Crippen LogP contribution in [0.2, 0.25) is 0 Å². The molecule has 1 unspecified atom stereocenters. The van der Waals surface area contributed by atoms with E-state index in [4.69, 9.17) is 10.2 Å². The summed E-state index contributed by atoms with van der Waals surface area (Å²) in [6.45, 7) is 3.38. The maximum Gasteiger partial charge on any atom is 0.534 e. The van der Waals surface area contributed by atoms with Gasteiger partial charge in [-0.05, 0) is 12.8 Å². The van der Waals surface area contributed by atoms with Gasteiger partial charge >= 0.3 is 27.6 Å². The summed E-state index contributed by atoms with van der Waals surface area (Å²) in [4.78, 5) is 21.4. The summed E-state index contributed by atoms with van der Waals surface area (Å²) >= 11 is 0. The van der Waals surface area contributed by atoms with Crippen molar-refractivity contribution in [1.29, 1.82) is 0 Å². The molecule has 2 heterocycles. The van der Waals surface area contributed by atoms with Crippen LogP contribution in [-0.2, 0) is 33.4 Å². The van der Waals surface area contributed by atoms with Gasteiger partial charge < -0.3 is 23.9 Å². The first-order chi connectivity index (χ1) is 11.8. The SMILES string of the molecule is CC[C@@H]1C=C(OS(=O)(=O)C(F)(F)F)C(=O)O1.CC[C@H]1OC(=O)C(O)[C@H]1O. The fraction of sp³-hybridized carbons (Fsp3) is 0.692. The molecule has 0 aromatic carbocycles. The number of aliphatic hydroxyl groups is 2. The monoisotopic (exact) mass is 406 g/mol. The Labute approximate surface area is 146 Å². The van der Waals surface area contributed by atoms with Crippen LogP contribution in [-0.4, -0.2) is 60.5 Å². The van der Waals surface area contributed by atoms with Crippen LogP contribution in [0.4, 0.5) is 13.2 Å². The van der Waals surface area contributed by atoms with Gasteiger partial charge in [0.2, 0.25) is 5.76 Å². The number of rotatable bonds is 4. The number of hydrogen-bond acceptors (Lipinski definition) is 9. The van der Waals surface area contributed by atoms with Crippen LogP contribution in [0, 0.1) is 0 Å². The summed E-state index contributed by atoms with van der Waals surface area (Å²) in [5.41, 5.74) is -5.57. The predicted molar refractivity (Wildman–Crippen MR) is 76.5 cm³/mol. The third kappa shape index (κ3) is 5.08. The zero-order valence-electron chi connectivity index (χ0n) is 13.6. The lowest BCUT2D eigenvalue weighted by atomic mass is 10.1. The predicted octanol–water partition coefficient (Wildman–Crippen LogP) is 0.115. The molecule has 26 heavy (non-hydrogen) atoms. The van der Waals surface area contributed by atoms with E-state index in [1.807, 2.05) is 0 Å². The summed E-state index contributed by atoms with van der Waals surface area (Å²) < 4.78 is 69.5. The van der Waals surface area contributed by atoms with Crippen molar-refractivity contribution in [2.75, 3.05) is 0 Å².